The summed E-state index contributed by atoms with van der Waals surface area (Å²) in [5.41, 5.74) is 1.65. The first kappa shape index (κ1) is 16.1. The van der Waals surface area contributed by atoms with Crippen LogP contribution in [0.25, 0.3) is 0 Å². The van der Waals surface area contributed by atoms with E-state index in [1.54, 1.807) is 19.1 Å². The van der Waals surface area contributed by atoms with E-state index in [4.69, 9.17) is 9.47 Å². The van der Waals surface area contributed by atoms with Crippen LogP contribution in [0.5, 0.6) is 11.5 Å². The first-order chi connectivity index (χ1) is 10.7. The van der Waals surface area contributed by atoms with Gasteiger partial charge in [0.05, 0.1) is 12.2 Å². The van der Waals surface area contributed by atoms with Gasteiger partial charge in [0, 0.05) is 6.07 Å². The highest BCUT2D eigenvalue weighted by molar-refractivity contribution is 5.97. The summed E-state index contributed by atoms with van der Waals surface area (Å²) in [6.45, 7) is 4.77. The Morgan fingerprint density at radius 1 is 1.05 bits per heavy atom. The minimum Gasteiger partial charge on any atom is -0.493 e. The number of benzene rings is 2. The summed E-state index contributed by atoms with van der Waals surface area (Å²) < 4.78 is 11.5. The van der Waals surface area contributed by atoms with Gasteiger partial charge in [-0.2, -0.15) is 0 Å². The Labute approximate surface area is 131 Å². The first-order valence-electron chi connectivity index (χ1n) is 7.65. The van der Waals surface area contributed by atoms with Gasteiger partial charge in [0.1, 0.15) is 18.1 Å². The van der Waals surface area contributed by atoms with Gasteiger partial charge in [-0.1, -0.05) is 43.7 Å². The van der Waals surface area contributed by atoms with Crippen molar-refractivity contribution in [2.45, 2.75) is 33.3 Å². The molecule has 0 amide bonds. The summed E-state index contributed by atoms with van der Waals surface area (Å²) in [4.78, 5) is 11.7. The highest BCUT2D eigenvalue weighted by Gasteiger charge is 2.10. The third-order valence-electron chi connectivity index (χ3n) is 3.34. The van der Waals surface area contributed by atoms with Gasteiger partial charge in [0.15, 0.2) is 5.78 Å². The standard InChI is InChI=1S/C19H22O3/c1-3-4-12-21-17-10-11-18(15(2)20)19(13-17)22-14-16-8-6-5-7-9-16/h5-11,13H,3-4,12,14H2,1-2H3. The second kappa shape index (κ2) is 8.23. The normalized spacial score (nSPS) is 10.3. The Bertz CT molecular complexity index is 605. The number of ketones is 1. The molecule has 0 radical (unpaired) electrons. The lowest BCUT2D eigenvalue weighted by Crippen LogP contribution is -2.03. The number of rotatable bonds is 8. The Morgan fingerprint density at radius 3 is 2.50 bits per heavy atom. The molecule has 0 aliphatic heterocycles. The number of ether oxygens (including phenoxy) is 2. The van der Waals surface area contributed by atoms with Gasteiger partial charge < -0.3 is 9.47 Å². The fraction of sp³-hybridized carbons (Fsp3) is 0.316. The average molecular weight is 298 g/mol. The summed E-state index contributed by atoms with van der Waals surface area (Å²) >= 11 is 0. The van der Waals surface area contributed by atoms with Crippen molar-refractivity contribution in [3.8, 4) is 11.5 Å². The highest BCUT2D eigenvalue weighted by Crippen LogP contribution is 2.26. The van der Waals surface area contributed by atoms with Crippen LogP contribution in [-0.2, 0) is 6.61 Å². The average Bonchev–Trinajstić information content (AvgIpc) is 2.54. The summed E-state index contributed by atoms with van der Waals surface area (Å²) in [6.07, 6.45) is 2.09. The van der Waals surface area contributed by atoms with Crippen molar-refractivity contribution >= 4 is 5.78 Å². The van der Waals surface area contributed by atoms with Gasteiger partial charge in [-0.25, -0.2) is 0 Å². The topological polar surface area (TPSA) is 35.5 Å². The van der Waals surface area contributed by atoms with Crippen LogP contribution in [0.15, 0.2) is 48.5 Å². The molecule has 0 aromatic heterocycles. The van der Waals surface area contributed by atoms with Crippen LogP contribution in [0.4, 0.5) is 0 Å². The molecular weight excluding hydrogens is 276 g/mol. The number of hydrogen-bond donors (Lipinski definition) is 0. The van der Waals surface area contributed by atoms with E-state index in [0.717, 1.165) is 24.2 Å². The van der Waals surface area contributed by atoms with Crippen LogP contribution in [0.2, 0.25) is 0 Å². The van der Waals surface area contributed by atoms with E-state index in [1.165, 1.54) is 0 Å². The largest absolute Gasteiger partial charge is 0.493 e. The van der Waals surface area contributed by atoms with E-state index in [0.29, 0.717) is 24.5 Å². The molecule has 3 nitrogen and oxygen atoms in total. The van der Waals surface area contributed by atoms with Gasteiger partial charge in [0.25, 0.3) is 0 Å². The molecule has 0 N–H and O–H groups in total. The van der Waals surface area contributed by atoms with E-state index < -0.39 is 0 Å². The Kier molecular flexibility index (Phi) is 6.01. The van der Waals surface area contributed by atoms with Crippen molar-refractivity contribution in [3.05, 3.63) is 59.7 Å². The fourth-order valence-corrected chi connectivity index (χ4v) is 2.07. The van der Waals surface area contributed by atoms with Crippen LogP contribution >= 0.6 is 0 Å². The van der Waals surface area contributed by atoms with E-state index in [9.17, 15) is 4.79 Å². The maximum absolute atomic E-state index is 11.7. The lowest BCUT2D eigenvalue weighted by Gasteiger charge is -2.12. The van der Waals surface area contributed by atoms with Crippen molar-refractivity contribution in [2.24, 2.45) is 0 Å². The molecule has 0 fully saturated rings. The van der Waals surface area contributed by atoms with E-state index >= 15 is 0 Å². The predicted octanol–water partition coefficient (Wildman–Crippen LogP) is 4.65. The van der Waals surface area contributed by atoms with Gasteiger partial charge >= 0.3 is 0 Å². The van der Waals surface area contributed by atoms with Gasteiger partial charge in [0.2, 0.25) is 0 Å². The molecule has 0 unspecified atom stereocenters. The van der Waals surface area contributed by atoms with Crippen LogP contribution in [0, 0.1) is 0 Å². The number of carbonyl (C=O) groups is 1. The molecule has 3 heteroatoms. The monoisotopic (exact) mass is 298 g/mol. The van der Waals surface area contributed by atoms with Gasteiger partial charge in [-0.15, -0.1) is 0 Å². The number of Topliss-reactive ketones (excluding diaryl/α,β-unsaturated/α-hetero) is 1. The number of carbonyl (C=O) groups excluding carboxylic acids is 1. The summed E-state index contributed by atoms with van der Waals surface area (Å²) in [5.74, 6) is 1.30. The lowest BCUT2D eigenvalue weighted by atomic mass is 10.1. The zero-order chi connectivity index (χ0) is 15.8. The van der Waals surface area contributed by atoms with Crippen molar-refractivity contribution < 1.29 is 14.3 Å². The summed E-state index contributed by atoms with van der Waals surface area (Å²) in [6, 6.07) is 15.3. The second-order valence-electron chi connectivity index (χ2n) is 5.19. The Hall–Kier alpha value is -2.29. The van der Waals surface area contributed by atoms with E-state index in [-0.39, 0.29) is 5.78 Å². The van der Waals surface area contributed by atoms with Crippen molar-refractivity contribution in [3.63, 3.8) is 0 Å². The maximum atomic E-state index is 11.7. The second-order valence-corrected chi connectivity index (χ2v) is 5.19. The van der Waals surface area contributed by atoms with Crippen LogP contribution in [0.3, 0.4) is 0 Å². The van der Waals surface area contributed by atoms with E-state index in [2.05, 4.69) is 6.92 Å². The van der Waals surface area contributed by atoms with Crippen molar-refractivity contribution in [1.82, 2.24) is 0 Å². The first-order valence-corrected chi connectivity index (χ1v) is 7.65. The third kappa shape index (κ3) is 4.62. The summed E-state index contributed by atoms with van der Waals surface area (Å²) in [5, 5.41) is 0. The highest BCUT2D eigenvalue weighted by atomic mass is 16.5. The van der Waals surface area contributed by atoms with Crippen LogP contribution in [-0.4, -0.2) is 12.4 Å². The molecule has 2 rings (SSSR count). The molecule has 0 saturated carbocycles. The molecule has 0 saturated heterocycles. The van der Waals surface area contributed by atoms with E-state index in [1.807, 2.05) is 36.4 Å². The Morgan fingerprint density at radius 2 is 1.82 bits per heavy atom. The van der Waals surface area contributed by atoms with Crippen LogP contribution in [0.1, 0.15) is 42.6 Å². The van der Waals surface area contributed by atoms with Crippen molar-refractivity contribution in [2.75, 3.05) is 6.61 Å². The van der Waals surface area contributed by atoms with Gasteiger partial charge in [-0.05, 0) is 31.0 Å². The molecule has 0 bridgehead atoms. The molecule has 0 spiro atoms. The molecule has 2 aromatic rings. The lowest BCUT2D eigenvalue weighted by molar-refractivity contribution is 0.101. The molecular formula is C19H22O3. The SMILES string of the molecule is CCCCOc1ccc(C(C)=O)c(OCc2ccccc2)c1. The van der Waals surface area contributed by atoms with Crippen LogP contribution < -0.4 is 9.47 Å². The molecule has 22 heavy (non-hydrogen) atoms. The maximum Gasteiger partial charge on any atom is 0.163 e. The predicted molar refractivity (Wildman–Crippen MR) is 87.6 cm³/mol. The molecule has 0 heterocycles. The van der Waals surface area contributed by atoms with Gasteiger partial charge in [-0.3, -0.25) is 4.79 Å². The molecule has 2 aromatic carbocycles. The zero-order valence-electron chi connectivity index (χ0n) is 13.2. The summed E-state index contributed by atoms with van der Waals surface area (Å²) in [7, 11) is 0. The molecule has 0 atom stereocenters. The number of unbranched alkanes of at least 4 members (excludes halogenated alkanes) is 1. The quantitative estimate of drug-likeness (QED) is 0.526. The smallest absolute Gasteiger partial charge is 0.163 e. The minimum atomic E-state index is -0.0110. The molecule has 0 aliphatic carbocycles. The Balaban J connectivity index is 2.11. The minimum absolute atomic E-state index is 0.0110. The fourth-order valence-electron chi connectivity index (χ4n) is 2.07. The third-order valence-corrected chi connectivity index (χ3v) is 3.34. The van der Waals surface area contributed by atoms with Crippen molar-refractivity contribution in [1.29, 1.82) is 0 Å². The molecule has 116 valence electrons. The molecule has 0 aliphatic rings. The number of hydrogen-bond acceptors (Lipinski definition) is 3. The zero-order valence-corrected chi connectivity index (χ0v) is 13.2.